The monoisotopic (exact) mass is 445 g/mol. The van der Waals surface area contributed by atoms with Gasteiger partial charge in [0.25, 0.3) is 0 Å². The van der Waals surface area contributed by atoms with Crippen molar-refractivity contribution in [3.8, 4) is 6.07 Å². The third-order valence-electron chi connectivity index (χ3n) is 6.00. The van der Waals surface area contributed by atoms with Gasteiger partial charge in [0.05, 0.1) is 13.2 Å². The van der Waals surface area contributed by atoms with Crippen LogP contribution in [0.25, 0.3) is 5.57 Å². The van der Waals surface area contributed by atoms with Gasteiger partial charge in [-0.1, -0.05) is 76.2 Å². The first-order chi connectivity index (χ1) is 14.2. The topological polar surface area (TPSA) is 33.0 Å². The van der Waals surface area contributed by atoms with Crippen molar-refractivity contribution in [3.63, 3.8) is 0 Å². The Hall–Kier alpha value is -2.57. The van der Waals surface area contributed by atoms with Crippen molar-refractivity contribution in [1.82, 2.24) is 0 Å². The van der Waals surface area contributed by atoms with E-state index in [1.54, 1.807) is 7.11 Å². The van der Waals surface area contributed by atoms with Crippen LogP contribution in [0.5, 0.6) is 0 Å². The van der Waals surface area contributed by atoms with Crippen molar-refractivity contribution in [3.05, 3.63) is 99.8 Å². The smallest absolute Gasteiger partial charge is 0.111 e. The van der Waals surface area contributed by atoms with Crippen molar-refractivity contribution in [2.75, 3.05) is 7.11 Å². The Balaban J connectivity index is 1.71. The zero-order chi connectivity index (χ0) is 20.2. The Bertz CT molecular complexity index is 998. The number of methoxy groups -OCH3 is 1. The maximum Gasteiger partial charge on any atom is 0.111 e. The highest BCUT2D eigenvalue weighted by Gasteiger charge is 2.33. The summed E-state index contributed by atoms with van der Waals surface area (Å²) >= 11 is 3.53. The molecule has 3 unspecified atom stereocenters. The van der Waals surface area contributed by atoms with Gasteiger partial charge in [-0.3, -0.25) is 0 Å². The molecule has 0 saturated heterocycles. The molecule has 0 N–H and O–H groups in total. The summed E-state index contributed by atoms with van der Waals surface area (Å²) in [7, 11) is 1.79. The van der Waals surface area contributed by atoms with Crippen LogP contribution in [0.3, 0.4) is 0 Å². The number of hydrogen-bond donors (Lipinski definition) is 0. The minimum atomic E-state index is 0.221. The second-order valence-corrected chi connectivity index (χ2v) is 8.54. The Labute approximate surface area is 181 Å². The minimum absolute atomic E-state index is 0.221. The normalized spacial score (nSPS) is 29.6. The molecule has 3 heteroatoms. The summed E-state index contributed by atoms with van der Waals surface area (Å²) in [6.45, 7) is 0. The Morgan fingerprint density at radius 1 is 1.14 bits per heavy atom. The molecule has 0 heterocycles. The van der Waals surface area contributed by atoms with E-state index in [1.807, 2.05) is 6.08 Å². The number of benzene rings is 1. The van der Waals surface area contributed by atoms with E-state index in [0.29, 0.717) is 11.8 Å². The van der Waals surface area contributed by atoms with E-state index in [9.17, 15) is 0 Å². The lowest BCUT2D eigenvalue weighted by Gasteiger charge is -2.35. The van der Waals surface area contributed by atoms with Gasteiger partial charge in [0.1, 0.15) is 5.76 Å². The van der Waals surface area contributed by atoms with E-state index in [1.165, 1.54) is 11.1 Å². The van der Waals surface area contributed by atoms with Crippen LogP contribution in [-0.4, -0.2) is 7.11 Å². The molecule has 0 aliphatic heterocycles. The molecule has 0 aromatic heterocycles. The number of nitrogens with zero attached hydrogens (tertiary/aromatic N) is 1. The van der Waals surface area contributed by atoms with Gasteiger partial charge in [0, 0.05) is 27.5 Å². The summed E-state index contributed by atoms with van der Waals surface area (Å²) in [5.41, 5.74) is 4.54. The molecule has 0 radical (unpaired) electrons. The van der Waals surface area contributed by atoms with E-state index in [2.05, 4.69) is 88.8 Å². The van der Waals surface area contributed by atoms with Crippen LogP contribution in [0.4, 0.5) is 0 Å². The number of halogens is 1. The maximum atomic E-state index is 9.14. The molecule has 0 amide bonds. The van der Waals surface area contributed by atoms with Crippen LogP contribution in [0.1, 0.15) is 24.8 Å². The van der Waals surface area contributed by atoms with E-state index >= 15 is 0 Å². The van der Waals surface area contributed by atoms with Crippen molar-refractivity contribution < 1.29 is 4.74 Å². The number of hydrogen-bond acceptors (Lipinski definition) is 2. The quantitative estimate of drug-likeness (QED) is 0.505. The van der Waals surface area contributed by atoms with E-state index in [-0.39, 0.29) is 5.92 Å². The standard InChI is InChI=1S/C26H24BrNO/c1-29-26-23(20-13-15-21(27)16-14-20)5-2-3-6-24-22(7-4-8-25(24)26)19-11-9-18(17-28)10-12-19/h2,4-5,7-11,13-16,19,24-25H,3,6,12H2,1H3/b5-2-,26-23-. The van der Waals surface area contributed by atoms with E-state index < -0.39 is 0 Å². The molecule has 3 aliphatic carbocycles. The molecule has 2 nitrogen and oxygen atoms in total. The first-order valence-electron chi connectivity index (χ1n) is 10.1. The highest BCUT2D eigenvalue weighted by molar-refractivity contribution is 9.10. The van der Waals surface area contributed by atoms with Gasteiger partial charge in [-0.15, -0.1) is 0 Å². The minimum Gasteiger partial charge on any atom is -0.500 e. The fraction of sp³-hybridized carbons (Fsp3) is 0.269. The van der Waals surface area contributed by atoms with Crippen LogP contribution < -0.4 is 0 Å². The van der Waals surface area contributed by atoms with Crippen molar-refractivity contribution in [2.45, 2.75) is 19.3 Å². The summed E-state index contributed by atoms with van der Waals surface area (Å²) in [6.07, 6.45) is 20.5. The predicted molar refractivity (Wildman–Crippen MR) is 122 cm³/mol. The van der Waals surface area contributed by atoms with E-state index in [0.717, 1.165) is 40.6 Å². The van der Waals surface area contributed by atoms with E-state index in [4.69, 9.17) is 10.00 Å². The first kappa shape index (κ1) is 19.7. The fourth-order valence-electron chi connectivity index (χ4n) is 4.57. The van der Waals surface area contributed by atoms with Gasteiger partial charge in [-0.25, -0.2) is 0 Å². The van der Waals surface area contributed by atoms with Gasteiger partial charge in [0.15, 0.2) is 0 Å². The predicted octanol–water partition coefficient (Wildman–Crippen LogP) is 6.91. The highest BCUT2D eigenvalue weighted by atomic mass is 79.9. The largest absolute Gasteiger partial charge is 0.500 e. The molecule has 0 bridgehead atoms. The molecule has 0 saturated carbocycles. The average Bonchev–Trinajstić information content (AvgIpc) is 2.75. The zero-order valence-corrected chi connectivity index (χ0v) is 18.1. The lowest BCUT2D eigenvalue weighted by molar-refractivity contribution is 0.230. The van der Waals surface area contributed by atoms with Crippen LogP contribution in [0.2, 0.25) is 0 Å². The maximum absolute atomic E-state index is 9.14. The molecule has 0 spiro atoms. The number of ether oxygens (including phenoxy) is 1. The lowest BCUT2D eigenvalue weighted by atomic mass is 9.70. The third kappa shape index (κ3) is 4.09. The molecule has 4 rings (SSSR count). The molecular formula is C26H24BrNO. The molecule has 146 valence electrons. The number of nitriles is 1. The first-order valence-corrected chi connectivity index (χ1v) is 10.9. The summed E-state index contributed by atoms with van der Waals surface area (Å²) in [6, 6.07) is 10.7. The van der Waals surface area contributed by atoms with Crippen molar-refractivity contribution in [2.24, 2.45) is 17.8 Å². The second-order valence-electron chi connectivity index (χ2n) is 7.63. The van der Waals surface area contributed by atoms with Crippen LogP contribution in [0.15, 0.2) is 94.3 Å². The number of rotatable bonds is 3. The van der Waals surface area contributed by atoms with Crippen LogP contribution in [0, 0.1) is 29.1 Å². The SMILES string of the molecule is CO/C1=C(c2ccc(Br)cc2)/C=C\CCC2C(C3C=CC(C#N)=CC3)=CC=CC12. The molecule has 1 aromatic rings. The van der Waals surface area contributed by atoms with Gasteiger partial charge in [-0.05, 0) is 49.0 Å². The average molecular weight is 446 g/mol. The number of allylic oxidation sites excluding steroid dienone is 11. The highest BCUT2D eigenvalue weighted by Crippen LogP contribution is 2.44. The molecular weight excluding hydrogens is 422 g/mol. The fourth-order valence-corrected chi connectivity index (χ4v) is 4.83. The summed E-state index contributed by atoms with van der Waals surface area (Å²) in [5.74, 6) is 2.00. The van der Waals surface area contributed by atoms with Gasteiger partial charge < -0.3 is 4.74 Å². The number of fused-ring (bicyclic) bond motifs is 1. The van der Waals surface area contributed by atoms with Crippen molar-refractivity contribution >= 4 is 21.5 Å². The molecule has 1 aromatic carbocycles. The molecule has 3 atom stereocenters. The Morgan fingerprint density at radius 3 is 2.66 bits per heavy atom. The Morgan fingerprint density at radius 2 is 1.97 bits per heavy atom. The van der Waals surface area contributed by atoms with Gasteiger partial charge in [-0.2, -0.15) is 5.26 Å². The van der Waals surface area contributed by atoms with Crippen molar-refractivity contribution in [1.29, 1.82) is 5.26 Å². The summed E-state index contributed by atoms with van der Waals surface area (Å²) in [5, 5.41) is 9.14. The molecule has 29 heavy (non-hydrogen) atoms. The third-order valence-corrected chi connectivity index (χ3v) is 6.53. The van der Waals surface area contributed by atoms with Gasteiger partial charge in [0.2, 0.25) is 0 Å². The molecule has 0 fully saturated rings. The second kappa shape index (κ2) is 8.84. The molecule has 3 aliphatic rings. The van der Waals surface area contributed by atoms with Gasteiger partial charge >= 0.3 is 0 Å². The summed E-state index contributed by atoms with van der Waals surface area (Å²) in [4.78, 5) is 0. The van der Waals surface area contributed by atoms with Crippen LogP contribution >= 0.6 is 15.9 Å². The lowest BCUT2D eigenvalue weighted by Crippen LogP contribution is -2.25. The van der Waals surface area contributed by atoms with Crippen LogP contribution in [-0.2, 0) is 4.74 Å². The Kier molecular flexibility index (Phi) is 6.02. The zero-order valence-electron chi connectivity index (χ0n) is 16.5. The summed E-state index contributed by atoms with van der Waals surface area (Å²) < 4.78 is 7.10.